The fourth-order valence-corrected chi connectivity index (χ4v) is 10.5. The molecule has 0 aliphatic carbocycles. The van der Waals surface area contributed by atoms with E-state index in [0.29, 0.717) is 0 Å². The second kappa shape index (κ2) is 10.3. The van der Waals surface area contributed by atoms with E-state index in [-0.39, 0.29) is 10.8 Å². The van der Waals surface area contributed by atoms with Gasteiger partial charge in [0.05, 0.1) is 16.7 Å². The molecule has 0 unspecified atom stereocenters. The molecule has 0 amide bonds. The highest BCUT2D eigenvalue weighted by Gasteiger charge is 2.36. The van der Waals surface area contributed by atoms with Gasteiger partial charge in [-0.2, -0.15) is 0 Å². The summed E-state index contributed by atoms with van der Waals surface area (Å²) in [6, 6.07) is 45.8. The third kappa shape index (κ3) is 4.54. The summed E-state index contributed by atoms with van der Waals surface area (Å²) in [5, 5.41) is 5.32. The zero-order valence-corrected chi connectivity index (χ0v) is 29.7. The van der Waals surface area contributed by atoms with Gasteiger partial charge >= 0.3 is 0 Å². The third-order valence-corrected chi connectivity index (χ3v) is 12.8. The van der Waals surface area contributed by atoms with Gasteiger partial charge in [0.1, 0.15) is 0 Å². The molecule has 47 heavy (non-hydrogen) atoms. The first-order valence-corrected chi connectivity index (χ1v) is 19.1. The first-order chi connectivity index (χ1) is 22.4. The molecule has 0 saturated heterocycles. The average Bonchev–Trinajstić information content (AvgIpc) is 3.40. The van der Waals surface area contributed by atoms with Crippen LogP contribution in [0.3, 0.4) is 0 Å². The van der Waals surface area contributed by atoms with Gasteiger partial charge in [-0.05, 0) is 87.2 Å². The van der Waals surface area contributed by atoms with Gasteiger partial charge in [0.2, 0.25) is 0 Å². The quantitative estimate of drug-likeness (QED) is 0.188. The summed E-state index contributed by atoms with van der Waals surface area (Å²) >= 11 is 0. The molecule has 1 aromatic heterocycles. The van der Waals surface area contributed by atoms with Crippen molar-refractivity contribution in [1.82, 2.24) is 3.97 Å². The monoisotopic (exact) mass is 632 g/mol. The molecule has 0 atom stereocenters. The topological polar surface area (TPSA) is 8.17 Å². The van der Waals surface area contributed by atoms with Crippen LogP contribution in [0.5, 0.6) is 0 Å². The molecule has 0 radical (unpaired) electrons. The number of para-hydroxylation sites is 1. The minimum Gasteiger partial charge on any atom is -0.309 e. The second-order valence-electron chi connectivity index (χ2n) is 15.5. The average molecular weight is 633 g/mol. The fraction of sp³-hybridized carbons (Fsp3) is 0.227. The molecular weight excluding hydrogens is 589 g/mol. The Bertz CT molecular complexity index is 2270. The Labute approximate surface area is 281 Å². The smallest absolute Gasteiger partial charge is 0.0669 e. The Morgan fingerprint density at radius 1 is 0.532 bits per heavy atom. The highest BCUT2D eigenvalue weighted by Crippen LogP contribution is 2.66. The Hall–Kier alpha value is -4.47. The predicted molar refractivity (Wildman–Crippen MR) is 208 cm³/mol. The van der Waals surface area contributed by atoms with Crippen LogP contribution in [0.2, 0.25) is 0 Å². The van der Waals surface area contributed by atoms with Crippen LogP contribution in [0.4, 0.5) is 17.1 Å². The normalized spacial score (nSPS) is 14.8. The van der Waals surface area contributed by atoms with E-state index in [0.717, 1.165) is 0 Å². The number of hydrogen-bond donors (Lipinski definition) is 0. The van der Waals surface area contributed by atoms with Crippen LogP contribution in [0.1, 0.15) is 52.7 Å². The van der Waals surface area contributed by atoms with Crippen molar-refractivity contribution in [2.45, 2.75) is 57.3 Å². The van der Waals surface area contributed by atoms with Crippen LogP contribution in [0.15, 0.2) is 126 Å². The Morgan fingerprint density at radius 2 is 1.09 bits per heavy atom. The zero-order chi connectivity index (χ0) is 32.9. The van der Waals surface area contributed by atoms with Gasteiger partial charge in [0, 0.05) is 32.6 Å². The Balaban J connectivity index is 1.42. The number of rotatable bonds is 3. The summed E-state index contributed by atoms with van der Waals surface area (Å²) in [6.07, 6.45) is 4.98. The lowest BCUT2D eigenvalue weighted by Gasteiger charge is -2.43. The van der Waals surface area contributed by atoms with E-state index in [1.807, 2.05) is 0 Å². The maximum absolute atomic E-state index is 2.70. The molecule has 2 heterocycles. The van der Waals surface area contributed by atoms with Gasteiger partial charge in [0.15, 0.2) is 0 Å². The number of aromatic nitrogens is 1. The fourth-order valence-electron chi connectivity index (χ4n) is 7.67. The lowest BCUT2D eigenvalue weighted by atomic mass is 9.86. The molecule has 6 aromatic carbocycles. The minimum atomic E-state index is -1.54. The van der Waals surface area contributed by atoms with E-state index >= 15 is 0 Å². The van der Waals surface area contributed by atoms with Crippen molar-refractivity contribution in [1.29, 1.82) is 0 Å². The lowest BCUT2D eigenvalue weighted by molar-refractivity contribution is 0.590. The lowest BCUT2D eigenvalue weighted by Crippen LogP contribution is -2.19. The molecule has 1 aliphatic rings. The summed E-state index contributed by atoms with van der Waals surface area (Å²) in [4.78, 5) is 3.92. The van der Waals surface area contributed by atoms with Crippen molar-refractivity contribution in [2.24, 2.45) is 0 Å². The SMILES string of the molecule is CC(C)(C)c1ccc(N(c2ccc(C(C)(C)C)cc2)c2cccc3c2S(C)(C)n2c4ccc5ccccc5c4c4cccc-3c42)cc1. The van der Waals surface area contributed by atoms with E-state index in [1.165, 1.54) is 76.8 Å². The van der Waals surface area contributed by atoms with Gasteiger partial charge in [-0.1, -0.05) is 126 Å². The van der Waals surface area contributed by atoms with Crippen LogP contribution in [-0.4, -0.2) is 16.5 Å². The van der Waals surface area contributed by atoms with Crippen LogP contribution in [0, 0.1) is 0 Å². The first kappa shape index (κ1) is 29.9. The number of fused-ring (bicyclic) bond motifs is 7. The van der Waals surface area contributed by atoms with Crippen molar-refractivity contribution in [3.8, 4) is 11.1 Å². The standard InChI is InChI=1S/C44H44N2S/c1-43(2,3)30-20-24-32(25-21-30)45(33-26-22-31(23-27-33)44(4,5)6)39-18-12-16-36-35-15-11-17-37-40-34-14-10-9-13-29(34)19-28-38(40)46(41(35)37)47(7,8)42(36)39/h9-28H,1-8H3. The van der Waals surface area contributed by atoms with E-state index in [4.69, 9.17) is 0 Å². The van der Waals surface area contributed by atoms with Crippen LogP contribution < -0.4 is 4.90 Å². The highest BCUT2D eigenvalue weighted by molar-refractivity contribution is 8.32. The largest absolute Gasteiger partial charge is 0.309 e. The summed E-state index contributed by atoms with van der Waals surface area (Å²) in [7, 11) is -1.54. The Morgan fingerprint density at radius 3 is 1.70 bits per heavy atom. The molecule has 0 spiro atoms. The molecule has 0 N–H and O–H groups in total. The Kier molecular flexibility index (Phi) is 6.53. The van der Waals surface area contributed by atoms with E-state index in [1.54, 1.807) is 0 Å². The molecule has 7 aromatic rings. The van der Waals surface area contributed by atoms with Gasteiger partial charge in [-0.15, -0.1) is 10.2 Å². The van der Waals surface area contributed by atoms with Crippen molar-refractivity contribution < 1.29 is 0 Å². The van der Waals surface area contributed by atoms with E-state index in [9.17, 15) is 0 Å². The number of benzene rings is 6. The molecule has 236 valence electrons. The number of nitrogens with zero attached hydrogens (tertiary/aromatic N) is 2. The molecule has 2 nitrogen and oxygen atoms in total. The van der Waals surface area contributed by atoms with Crippen LogP contribution in [0.25, 0.3) is 43.7 Å². The molecule has 8 rings (SSSR count). The van der Waals surface area contributed by atoms with Gasteiger partial charge in [0.25, 0.3) is 0 Å². The van der Waals surface area contributed by atoms with Gasteiger partial charge in [-0.25, -0.2) is 0 Å². The van der Waals surface area contributed by atoms with E-state index < -0.39 is 10.2 Å². The molecular formula is C44H44N2S. The molecule has 0 saturated carbocycles. The second-order valence-corrected chi connectivity index (χ2v) is 18.9. The third-order valence-electron chi connectivity index (χ3n) is 10.1. The molecule has 0 fully saturated rings. The molecule has 1 aliphatic heterocycles. The summed E-state index contributed by atoms with van der Waals surface area (Å²) in [5.74, 6) is 0. The zero-order valence-electron chi connectivity index (χ0n) is 28.8. The minimum absolute atomic E-state index is 0.0878. The van der Waals surface area contributed by atoms with Gasteiger partial charge in [-0.3, -0.25) is 3.97 Å². The van der Waals surface area contributed by atoms with Crippen LogP contribution >= 0.6 is 10.2 Å². The maximum atomic E-state index is 2.70. The van der Waals surface area contributed by atoms with Crippen molar-refractivity contribution in [3.63, 3.8) is 0 Å². The van der Waals surface area contributed by atoms with Crippen molar-refractivity contribution in [3.05, 3.63) is 132 Å². The first-order valence-electron chi connectivity index (χ1n) is 16.7. The molecule has 0 bridgehead atoms. The van der Waals surface area contributed by atoms with Crippen molar-refractivity contribution >= 4 is 59.9 Å². The van der Waals surface area contributed by atoms with Crippen molar-refractivity contribution in [2.75, 3.05) is 17.4 Å². The summed E-state index contributed by atoms with van der Waals surface area (Å²) in [6.45, 7) is 13.7. The van der Waals surface area contributed by atoms with Gasteiger partial charge < -0.3 is 4.90 Å². The molecule has 3 heteroatoms. The predicted octanol–water partition coefficient (Wildman–Crippen LogP) is 12.9. The van der Waals surface area contributed by atoms with E-state index in [2.05, 4.69) is 184 Å². The summed E-state index contributed by atoms with van der Waals surface area (Å²) in [5.41, 5.74) is 11.8. The number of hydrogen-bond acceptors (Lipinski definition) is 1. The number of anilines is 3. The maximum Gasteiger partial charge on any atom is 0.0669 e. The van der Waals surface area contributed by atoms with Crippen LogP contribution in [-0.2, 0) is 10.8 Å². The highest BCUT2D eigenvalue weighted by atomic mass is 32.3. The summed E-state index contributed by atoms with van der Waals surface area (Å²) < 4.78 is 2.70.